The van der Waals surface area contributed by atoms with Crippen LogP contribution in [0.5, 0.6) is 5.75 Å². The van der Waals surface area contributed by atoms with Crippen molar-refractivity contribution < 1.29 is 18.3 Å². The third-order valence-corrected chi connectivity index (χ3v) is 4.20. The first-order chi connectivity index (χ1) is 12.6. The SMILES string of the molecule is O=C(NCCOc1cccc(F)c1)N1CCN(c2ccc(F)cc2)CC1. The lowest BCUT2D eigenvalue weighted by Crippen LogP contribution is -2.52. The lowest BCUT2D eigenvalue weighted by atomic mass is 10.2. The number of piperazine rings is 1. The molecular weight excluding hydrogens is 340 g/mol. The lowest BCUT2D eigenvalue weighted by molar-refractivity contribution is 0.191. The molecule has 0 aromatic heterocycles. The van der Waals surface area contributed by atoms with Crippen molar-refractivity contribution in [3.05, 3.63) is 60.2 Å². The van der Waals surface area contributed by atoms with Crippen LogP contribution in [0.1, 0.15) is 0 Å². The van der Waals surface area contributed by atoms with E-state index in [1.165, 1.54) is 24.3 Å². The molecule has 0 unspecified atom stereocenters. The van der Waals surface area contributed by atoms with Gasteiger partial charge >= 0.3 is 6.03 Å². The van der Waals surface area contributed by atoms with Crippen LogP contribution in [0.15, 0.2) is 48.5 Å². The Bertz CT molecular complexity index is 732. The Labute approximate surface area is 151 Å². The van der Waals surface area contributed by atoms with E-state index in [2.05, 4.69) is 10.2 Å². The third-order valence-electron chi connectivity index (χ3n) is 4.20. The topological polar surface area (TPSA) is 44.8 Å². The number of ether oxygens (including phenoxy) is 1. The van der Waals surface area contributed by atoms with Gasteiger partial charge < -0.3 is 19.9 Å². The van der Waals surface area contributed by atoms with Gasteiger partial charge in [0, 0.05) is 37.9 Å². The molecule has 3 rings (SSSR count). The maximum absolute atomic E-state index is 13.0. The summed E-state index contributed by atoms with van der Waals surface area (Å²) < 4.78 is 31.4. The average molecular weight is 361 g/mol. The lowest BCUT2D eigenvalue weighted by Gasteiger charge is -2.36. The number of amides is 2. The molecule has 26 heavy (non-hydrogen) atoms. The highest BCUT2D eigenvalue weighted by atomic mass is 19.1. The molecule has 1 aliphatic heterocycles. The minimum absolute atomic E-state index is 0.147. The summed E-state index contributed by atoms with van der Waals surface area (Å²) in [6, 6.07) is 12.1. The van der Waals surface area contributed by atoms with Crippen LogP contribution in [0.2, 0.25) is 0 Å². The quantitative estimate of drug-likeness (QED) is 0.833. The molecule has 1 N–H and O–H groups in total. The van der Waals surface area contributed by atoms with E-state index < -0.39 is 0 Å². The number of halogens is 2. The number of anilines is 1. The van der Waals surface area contributed by atoms with Gasteiger partial charge in [-0.3, -0.25) is 0 Å². The molecule has 2 aromatic rings. The van der Waals surface area contributed by atoms with E-state index in [0.717, 1.165) is 5.69 Å². The number of carbonyl (C=O) groups is 1. The molecule has 0 saturated carbocycles. The van der Waals surface area contributed by atoms with Gasteiger partial charge in [-0.1, -0.05) is 6.07 Å². The first-order valence-electron chi connectivity index (χ1n) is 8.53. The van der Waals surface area contributed by atoms with Gasteiger partial charge in [0.05, 0.1) is 6.54 Å². The molecule has 2 amide bonds. The largest absolute Gasteiger partial charge is 0.492 e. The fourth-order valence-electron chi connectivity index (χ4n) is 2.82. The summed E-state index contributed by atoms with van der Waals surface area (Å²) in [5.41, 5.74) is 0.954. The van der Waals surface area contributed by atoms with Gasteiger partial charge in [-0.05, 0) is 36.4 Å². The molecule has 2 aromatic carbocycles. The van der Waals surface area contributed by atoms with Gasteiger partial charge in [-0.15, -0.1) is 0 Å². The minimum Gasteiger partial charge on any atom is -0.492 e. The number of carbonyl (C=O) groups excluding carboxylic acids is 1. The Hall–Kier alpha value is -2.83. The monoisotopic (exact) mass is 361 g/mol. The summed E-state index contributed by atoms with van der Waals surface area (Å²) in [5, 5.41) is 2.80. The van der Waals surface area contributed by atoms with Crippen LogP contribution in [-0.2, 0) is 0 Å². The molecule has 0 aliphatic carbocycles. The Kier molecular flexibility index (Phi) is 5.88. The first kappa shape index (κ1) is 18.0. The zero-order valence-electron chi connectivity index (χ0n) is 14.3. The van der Waals surface area contributed by atoms with E-state index in [9.17, 15) is 13.6 Å². The number of hydrogen-bond acceptors (Lipinski definition) is 3. The van der Waals surface area contributed by atoms with Crippen molar-refractivity contribution in [1.82, 2.24) is 10.2 Å². The number of nitrogens with zero attached hydrogens (tertiary/aromatic N) is 2. The van der Waals surface area contributed by atoms with Gasteiger partial charge in [0.2, 0.25) is 0 Å². The Morgan fingerprint density at radius 1 is 1.00 bits per heavy atom. The Morgan fingerprint density at radius 3 is 2.42 bits per heavy atom. The van der Waals surface area contributed by atoms with Crippen LogP contribution >= 0.6 is 0 Å². The fraction of sp³-hybridized carbons (Fsp3) is 0.316. The number of nitrogens with one attached hydrogen (secondary N) is 1. The van der Waals surface area contributed by atoms with Crippen LogP contribution < -0.4 is 15.0 Å². The summed E-state index contributed by atoms with van der Waals surface area (Å²) in [7, 11) is 0. The second-order valence-corrected chi connectivity index (χ2v) is 5.99. The van der Waals surface area contributed by atoms with Crippen LogP contribution in [0.4, 0.5) is 19.3 Å². The van der Waals surface area contributed by atoms with Crippen LogP contribution in [0.25, 0.3) is 0 Å². The molecule has 0 atom stereocenters. The van der Waals surface area contributed by atoms with Crippen molar-refractivity contribution in [2.24, 2.45) is 0 Å². The van der Waals surface area contributed by atoms with E-state index in [-0.39, 0.29) is 24.3 Å². The van der Waals surface area contributed by atoms with E-state index >= 15 is 0 Å². The molecule has 1 heterocycles. The number of rotatable bonds is 5. The van der Waals surface area contributed by atoms with Gasteiger partial charge in [-0.25, -0.2) is 13.6 Å². The number of urea groups is 1. The Morgan fingerprint density at radius 2 is 1.73 bits per heavy atom. The molecule has 138 valence electrons. The zero-order chi connectivity index (χ0) is 18.4. The molecular formula is C19H21F2N3O2. The van der Waals surface area contributed by atoms with Crippen molar-refractivity contribution in [2.75, 3.05) is 44.2 Å². The van der Waals surface area contributed by atoms with Gasteiger partial charge in [-0.2, -0.15) is 0 Å². The molecule has 0 spiro atoms. The highest BCUT2D eigenvalue weighted by Crippen LogP contribution is 2.17. The molecule has 0 radical (unpaired) electrons. The molecule has 5 nitrogen and oxygen atoms in total. The van der Waals surface area contributed by atoms with Crippen molar-refractivity contribution >= 4 is 11.7 Å². The second kappa shape index (κ2) is 8.51. The summed E-state index contributed by atoms with van der Waals surface area (Å²) in [5.74, 6) is -0.176. The number of benzene rings is 2. The summed E-state index contributed by atoms with van der Waals surface area (Å²) in [6.45, 7) is 3.18. The number of hydrogen-bond donors (Lipinski definition) is 1. The van der Waals surface area contributed by atoms with Crippen LogP contribution in [0.3, 0.4) is 0 Å². The van der Waals surface area contributed by atoms with Gasteiger partial charge in [0.15, 0.2) is 0 Å². The minimum atomic E-state index is -0.356. The Balaban J connectivity index is 1.37. The molecule has 1 aliphatic rings. The second-order valence-electron chi connectivity index (χ2n) is 5.99. The molecule has 1 saturated heterocycles. The fourth-order valence-corrected chi connectivity index (χ4v) is 2.82. The summed E-state index contributed by atoms with van der Waals surface area (Å²) in [6.07, 6.45) is 0. The standard InChI is InChI=1S/C19H21F2N3O2/c20-15-4-6-17(7-5-15)23-9-11-24(12-10-23)19(25)22-8-13-26-18-3-1-2-16(21)14-18/h1-7,14H,8-13H2,(H,22,25). The zero-order valence-corrected chi connectivity index (χ0v) is 14.3. The molecule has 7 heteroatoms. The predicted molar refractivity (Wildman–Crippen MR) is 95.5 cm³/mol. The third kappa shape index (κ3) is 4.84. The first-order valence-corrected chi connectivity index (χ1v) is 8.53. The van der Waals surface area contributed by atoms with Crippen molar-refractivity contribution in [3.8, 4) is 5.75 Å². The summed E-state index contributed by atoms with van der Waals surface area (Å²) in [4.78, 5) is 16.0. The van der Waals surface area contributed by atoms with E-state index in [0.29, 0.717) is 38.5 Å². The van der Waals surface area contributed by atoms with Gasteiger partial charge in [0.25, 0.3) is 0 Å². The van der Waals surface area contributed by atoms with Crippen LogP contribution in [0, 0.1) is 11.6 Å². The average Bonchev–Trinajstić information content (AvgIpc) is 2.66. The predicted octanol–water partition coefficient (Wildman–Crippen LogP) is 2.88. The summed E-state index contributed by atoms with van der Waals surface area (Å²) >= 11 is 0. The smallest absolute Gasteiger partial charge is 0.317 e. The highest BCUT2D eigenvalue weighted by Gasteiger charge is 2.20. The molecule has 0 bridgehead atoms. The van der Waals surface area contributed by atoms with Crippen LogP contribution in [-0.4, -0.2) is 50.3 Å². The van der Waals surface area contributed by atoms with E-state index in [4.69, 9.17) is 4.74 Å². The van der Waals surface area contributed by atoms with E-state index in [1.54, 1.807) is 29.2 Å². The normalized spacial score (nSPS) is 14.2. The van der Waals surface area contributed by atoms with Crippen molar-refractivity contribution in [1.29, 1.82) is 0 Å². The van der Waals surface area contributed by atoms with Gasteiger partial charge in [0.1, 0.15) is 24.0 Å². The maximum Gasteiger partial charge on any atom is 0.317 e. The maximum atomic E-state index is 13.0. The highest BCUT2D eigenvalue weighted by molar-refractivity contribution is 5.74. The van der Waals surface area contributed by atoms with E-state index in [1.807, 2.05) is 0 Å². The molecule has 1 fully saturated rings. The van der Waals surface area contributed by atoms with Crippen molar-refractivity contribution in [3.63, 3.8) is 0 Å². The van der Waals surface area contributed by atoms with Crippen molar-refractivity contribution in [2.45, 2.75) is 0 Å².